The maximum absolute atomic E-state index is 12.4. The normalized spacial score (nSPS) is 12.4. The van der Waals surface area contributed by atoms with Gasteiger partial charge in [-0.2, -0.15) is 0 Å². The number of pyridine rings is 1. The number of carbonyl (C=O) groups is 1. The van der Waals surface area contributed by atoms with Gasteiger partial charge in [0.05, 0.1) is 11.1 Å². The van der Waals surface area contributed by atoms with Crippen LogP contribution in [0, 0.1) is 0 Å². The van der Waals surface area contributed by atoms with Gasteiger partial charge in [0.25, 0.3) is 5.91 Å². The highest BCUT2D eigenvalue weighted by Gasteiger charge is 2.18. The lowest BCUT2D eigenvalue weighted by molar-refractivity contribution is 0.0750. The van der Waals surface area contributed by atoms with E-state index in [1.807, 2.05) is 31.2 Å². The number of benzene rings is 1. The Bertz CT molecular complexity index is 562. The SMILES string of the molecule is CC(CN)N(C)C(=O)c1ccnc2ccccc12. The van der Waals surface area contributed by atoms with Gasteiger partial charge in [-0.15, -0.1) is 0 Å². The zero-order valence-electron chi connectivity index (χ0n) is 10.6. The molecule has 4 nitrogen and oxygen atoms in total. The van der Waals surface area contributed by atoms with Crippen molar-refractivity contribution >= 4 is 16.8 Å². The van der Waals surface area contributed by atoms with Gasteiger partial charge in [0.2, 0.25) is 0 Å². The van der Waals surface area contributed by atoms with Crippen LogP contribution in [0.1, 0.15) is 17.3 Å². The van der Waals surface area contributed by atoms with Crippen LogP contribution >= 0.6 is 0 Å². The van der Waals surface area contributed by atoms with Crippen LogP contribution in [0.3, 0.4) is 0 Å². The summed E-state index contributed by atoms with van der Waals surface area (Å²) in [7, 11) is 1.77. The number of nitrogens with zero attached hydrogens (tertiary/aromatic N) is 2. The number of aromatic nitrogens is 1. The number of amides is 1. The van der Waals surface area contributed by atoms with E-state index in [0.29, 0.717) is 12.1 Å². The van der Waals surface area contributed by atoms with E-state index >= 15 is 0 Å². The van der Waals surface area contributed by atoms with Crippen LogP contribution in [-0.4, -0.2) is 35.4 Å². The fourth-order valence-electron chi connectivity index (χ4n) is 1.83. The fourth-order valence-corrected chi connectivity index (χ4v) is 1.83. The Morgan fingerprint density at radius 1 is 1.39 bits per heavy atom. The van der Waals surface area contributed by atoms with Crippen molar-refractivity contribution in [1.29, 1.82) is 0 Å². The van der Waals surface area contributed by atoms with Crippen LogP contribution in [0.15, 0.2) is 36.5 Å². The van der Waals surface area contributed by atoms with E-state index in [-0.39, 0.29) is 11.9 Å². The summed E-state index contributed by atoms with van der Waals surface area (Å²) in [6.45, 7) is 2.38. The minimum Gasteiger partial charge on any atom is -0.338 e. The molecule has 0 fully saturated rings. The fraction of sp³-hybridized carbons (Fsp3) is 0.286. The average molecular weight is 243 g/mol. The van der Waals surface area contributed by atoms with Crippen molar-refractivity contribution in [3.63, 3.8) is 0 Å². The molecule has 1 amide bonds. The molecular formula is C14H17N3O. The van der Waals surface area contributed by atoms with E-state index in [0.717, 1.165) is 10.9 Å². The highest BCUT2D eigenvalue weighted by atomic mass is 16.2. The molecule has 1 heterocycles. The summed E-state index contributed by atoms with van der Waals surface area (Å²) in [6.07, 6.45) is 1.66. The first-order chi connectivity index (χ1) is 8.65. The lowest BCUT2D eigenvalue weighted by Gasteiger charge is -2.24. The van der Waals surface area contributed by atoms with Gasteiger partial charge in [-0.1, -0.05) is 18.2 Å². The van der Waals surface area contributed by atoms with Crippen molar-refractivity contribution in [2.45, 2.75) is 13.0 Å². The van der Waals surface area contributed by atoms with Gasteiger partial charge in [-0.3, -0.25) is 9.78 Å². The molecule has 0 aliphatic heterocycles. The maximum atomic E-state index is 12.4. The molecule has 0 aliphatic rings. The lowest BCUT2D eigenvalue weighted by atomic mass is 10.1. The van der Waals surface area contributed by atoms with Gasteiger partial charge in [-0.25, -0.2) is 0 Å². The van der Waals surface area contributed by atoms with Crippen molar-refractivity contribution in [2.24, 2.45) is 5.73 Å². The van der Waals surface area contributed by atoms with Gasteiger partial charge in [0, 0.05) is 31.2 Å². The molecule has 0 aliphatic carbocycles. The summed E-state index contributed by atoms with van der Waals surface area (Å²) in [4.78, 5) is 18.3. The second kappa shape index (κ2) is 5.14. The molecule has 0 saturated heterocycles. The third-order valence-electron chi connectivity index (χ3n) is 3.20. The molecule has 2 aromatic rings. The van der Waals surface area contributed by atoms with E-state index in [9.17, 15) is 4.79 Å². The van der Waals surface area contributed by atoms with E-state index in [4.69, 9.17) is 5.73 Å². The van der Waals surface area contributed by atoms with E-state index in [1.165, 1.54) is 0 Å². The van der Waals surface area contributed by atoms with E-state index in [2.05, 4.69) is 4.98 Å². The number of nitrogens with two attached hydrogens (primary N) is 1. The van der Waals surface area contributed by atoms with Gasteiger partial charge in [0.1, 0.15) is 0 Å². The Balaban J connectivity index is 2.45. The molecule has 2 rings (SSSR count). The number of likely N-dealkylation sites (N-methyl/N-ethyl adjacent to an activating group) is 1. The first-order valence-electron chi connectivity index (χ1n) is 5.96. The summed E-state index contributed by atoms with van der Waals surface area (Å²) in [5, 5.41) is 0.876. The monoisotopic (exact) mass is 243 g/mol. The van der Waals surface area contributed by atoms with Crippen molar-refractivity contribution in [1.82, 2.24) is 9.88 Å². The van der Waals surface area contributed by atoms with Crippen LogP contribution in [-0.2, 0) is 0 Å². The molecule has 0 saturated carbocycles. The number of carbonyl (C=O) groups excluding carboxylic acids is 1. The Labute approximate surface area is 106 Å². The van der Waals surface area contributed by atoms with Crippen molar-refractivity contribution < 1.29 is 4.79 Å². The van der Waals surface area contributed by atoms with Crippen molar-refractivity contribution in [2.75, 3.05) is 13.6 Å². The molecule has 1 atom stereocenters. The third-order valence-corrected chi connectivity index (χ3v) is 3.20. The Morgan fingerprint density at radius 2 is 2.11 bits per heavy atom. The standard InChI is InChI=1S/C14H17N3O/c1-10(9-15)17(2)14(18)12-7-8-16-13-6-4-3-5-11(12)13/h3-8,10H,9,15H2,1-2H3. The zero-order valence-corrected chi connectivity index (χ0v) is 10.6. The van der Waals surface area contributed by atoms with Crippen LogP contribution in [0.2, 0.25) is 0 Å². The van der Waals surface area contributed by atoms with Gasteiger partial charge in [-0.05, 0) is 19.1 Å². The highest BCUT2D eigenvalue weighted by molar-refractivity contribution is 6.05. The molecule has 1 unspecified atom stereocenters. The summed E-state index contributed by atoms with van der Waals surface area (Å²) in [5.41, 5.74) is 7.10. The van der Waals surface area contributed by atoms with Crippen LogP contribution in [0.25, 0.3) is 10.9 Å². The van der Waals surface area contributed by atoms with Crippen LogP contribution in [0.4, 0.5) is 0 Å². The van der Waals surface area contributed by atoms with Crippen LogP contribution < -0.4 is 5.73 Å². The number of hydrogen-bond acceptors (Lipinski definition) is 3. The van der Waals surface area contributed by atoms with Crippen molar-refractivity contribution in [3.8, 4) is 0 Å². The molecule has 0 bridgehead atoms. The van der Waals surface area contributed by atoms with E-state index < -0.39 is 0 Å². The minimum absolute atomic E-state index is 0.0180. The largest absolute Gasteiger partial charge is 0.338 e. The van der Waals surface area contributed by atoms with Gasteiger partial charge in [0.15, 0.2) is 0 Å². The average Bonchev–Trinajstić information content (AvgIpc) is 2.44. The topological polar surface area (TPSA) is 59.2 Å². The molecule has 18 heavy (non-hydrogen) atoms. The van der Waals surface area contributed by atoms with Gasteiger partial charge >= 0.3 is 0 Å². The number of hydrogen-bond donors (Lipinski definition) is 1. The smallest absolute Gasteiger partial charge is 0.254 e. The molecular weight excluding hydrogens is 226 g/mol. The predicted molar refractivity (Wildman–Crippen MR) is 72.4 cm³/mol. The number of para-hydroxylation sites is 1. The van der Waals surface area contributed by atoms with Crippen molar-refractivity contribution in [3.05, 3.63) is 42.1 Å². The predicted octanol–water partition coefficient (Wildman–Crippen LogP) is 1.65. The first kappa shape index (κ1) is 12.5. The van der Waals surface area contributed by atoms with E-state index in [1.54, 1.807) is 24.2 Å². The second-order valence-corrected chi connectivity index (χ2v) is 4.38. The lowest BCUT2D eigenvalue weighted by Crippen LogP contribution is -2.39. The molecule has 0 radical (unpaired) electrons. The molecule has 0 spiro atoms. The zero-order chi connectivity index (χ0) is 13.1. The summed E-state index contributed by atoms with van der Waals surface area (Å²) in [6, 6.07) is 9.41. The molecule has 2 N–H and O–H groups in total. The van der Waals surface area contributed by atoms with Gasteiger partial charge < -0.3 is 10.6 Å². The second-order valence-electron chi connectivity index (χ2n) is 4.38. The molecule has 94 valence electrons. The summed E-state index contributed by atoms with van der Waals surface area (Å²) in [5.74, 6) is -0.0217. The first-order valence-corrected chi connectivity index (χ1v) is 5.96. The quantitative estimate of drug-likeness (QED) is 0.891. The highest BCUT2D eigenvalue weighted by Crippen LogP contribution is 2.18. The third kappa shape index (κ3) is 2.19. The summed E-state index contributed by atoms with van der Waals surface area (Å²) >= 11 is 0. The Hall–Kier alpha value is -1.94. The number of rotatable bonds is 3. The maximum Gasteiger partial charge on any atom is 0.254 e. The Kier molecular flexibility index (Phi) is 3.58. The van der Waals surface area contributed by atoms with Crippen LogP contribution in [0.5, 0.6) is 0 Å². The molecule has 1 aromatic heterocycles. The minimum atomic E-state index is -0.0217. The molecule has 1 aromatic carbocycles. The Morgan fingerprint density at radius 3 is 2.83 bits per heavy atom. The number of fused-ring (bicyclic) bond motifs is 1. The molecule has 4 heteroatoms. The summed E-state index contributed by atoms with van der Waals surface area (Å²) < 4.78 is 0.